The van der Waals surface area contributed by atoms with Crippen molar-refractivity contribution >= 4 is 11.7 Å². The number of alkyl halides is 3. The molecule has 9 heteroatoms. The number of nitrogens with one attached hydrogen (secondary N) is 1. The molecule has 2 fully saturated rings. The van der Waals surface area contributed by atoms with E-state index in [1.807, 2.05) is 0 Å². The van der Waals surface area contributed by atoms with Crippen LogP contribution in [0, 0.1) is 5.82 Å². The first-order chi connectivity index (χ1) is 11.8. The molecule has 0 aliphatic carbocycles. The first kappa shape index (κ1) is 17.9. The Morgan fingerprint density at radius 2 is 1.80 bits per heavy atom. The van der Waals surface area contributed by atoms with Gasteiger partial charge in [-0.05, 0) is 18.6 Å². The molecule has 0 bridgehead atoms. The van der Waals surface area contributed by atoms with E-state index in [9.17, 15) is 22.4 Å². The van der Waals surface area contributed by atoms with Crippen LogP contribution in [-0.2, 0) is 15.7 Å². The highest BCUT2D eigenvalue weighted by Gasteiger charge is 2.40. The minimum Gasteiger partial charge on any atom is -0.350 e. The van der Waals surface area contributed by atoms with E-state index in [4.69, 9.17) is 9.47 Å². The van der Waals surface area contributed by atoms with Gasteiger partial charge >= 0.3 is 12.2 Å². The molecule has 0 atom stereocenters. The van der Waals surface area contributed by atoms with Crippen molar-refractivity contribution in [3.8, 4) is 0 Å². The molecule has 2 aliphatic rings. The van der Waals surface area contributed by atoms with Gasteiger partial charge in [0, 0.05) is 25.9 Å². The zero-order valence-electron chi connectivity index (χ0n) is 13.4. The van der Waals surface area contributed by atoms with E-state index in [1.165, 1.54) is 4.90 Å². The summed E-state index contributed by atoms with van der Waals surface area (Å²) >= 11 is 0. The Morgan fingerprint density at radius 3 is 2.40 bits per heavy atom. The van der Waals surface area contributed by atoms with Gasteiger partial charge in [-0.1, -0.05) is 6.07 Å². The number of hydrogen-bond donors (Lipinski definition) is 1. The molecule has 0 unspecified atom stereocenters. The molecule has 2 heterocycles. The predicted octanol–water partition coefficient (Wildman–Crippen LogP) is 3.61. The Labute approximate surface area is 141 Å². The molecule has 138 valence electrons. The third-order valence-electron chi connectivity index (χ3n) is 4.38. The van der Waals surface area contributed by atoms with Crippen LogP contribution in [0.25, 0.3) is 0 Å². The fraction of sp³-hybridized carbons (Fsp3) is 0.562. The second-order valence-electron chi connectivity index (χ2n) is 6.04. The maximum absolute atomic E-state index is 13.8. The van der Waals surface area contributed by atoms with Crippen molar-refractivity contribution in [2.45, 2.75) is 31.2 Å². The number of nitrogens with zero attached hydrogens (tertiary/aromatic N) is 1. The number of para-hydroxylation sites is 1. The summed E-state index contributed by atoms with van der Waals surface area (Å²) in [6.45, 7) is 1.66. The van der Waals surface area contributed by atoms with Crippen LogP contribution in [0.1, 0.15) is 24.8 Å². The zero-order chi connectivity index (χ0) is 18.1. The summed E-state index contributed by atoms with van der Waals surface area (Å²) in [4.78, 5) is 13.6. The Balaban J connectivity index is 1.68. The van der Waals surface area contributed by atoms with Gasteiger partial charge in [0.2, 0.25) is 0 Å². The zero-order valence-corrected chi connectivity index (χ0v) is 13.4. The summed E-state index contributed by atoms with van der Waals surface area (Å²) in [7, 11) is 0. The van der Waals surface area contributed by atoms with Gasteiger partial charge in [0.05, 0.1) is 24.5 Å². The third kappa shape index (κ3) is 3.87. The highest BCUT2D eigenvalue weighted by molar-refractivity contribution is 5.90. The molecule has 2 saturated heterocycles. The number of piperidine rings is 1. The largest absolute Gasteiger partial charge is 0.418 e. The van der Waals surface area contributed by atoms with Gasteiger partial charge in [-0.25, -0.2) is 9.18 Å². The number of ether oxygens (including phenoxy) is 2. The SMILES string of the molecule is O=C(Nc1c(F)cccc1C(F)(F)F)N1CCC2(CC1)OCCCO2. The molecule has 1 N–H and O–H groups in total. The minimum absolute atomic E-state index is 0.252. The van der Waals surface area contributed by atoms with E-state index in [1.54, 1.807) is 0 Å². The van der Waals surface area contributed by atoms with Crippen LogP contribution in [-0.4, -0.2) is 43.0 Å². The van der Waals surface area contributed by atoms with Crippen LogP contribution < -0.4 is 5.32 Å². The highest BCUT2D eigenvalue weighted by atomic mass is 19.4. The number of hydrogen-bond acceptors (Lipinski definition) is 3. The number of amides is 2. The van der Waals surface area contributed by atoms with Crippen LogP contribution in [0.3, 0.4) is 0 Å². The lowest BCUT2D eigenvalue weighted by molar-refractivity contribution is -0.281. The van der Waals surface area contributed by atoms with Crippen LogP contribution in [0.15, 0.2) is 18.2 Å². The standard InChI is InChI=1S/C16H18F4N2O3/c17-12-4-1-3-11(16(18,19)20)13(12)21-14(23)22-7-5-15(6-8-22)24-9-2-10-25-15/h1,3-4H,2,5-10H2,(H,21,23). The second-order valence-corrected chi connectivity index (χ2v) is 6.04. The molecule has 2 amide bonds. The Kier molecular flexibility index (Phi) is 4.88. The molecule has 25 heavy (non-hydrogen) atoms. The van der Waals surface area contributed by atoms with Gasteiger partial charge in [0.15, 0.2) is 5.79 Å². The monoisotopic (exact) mass is 362 g/mol. The molecular weight excluding hydrogens is 344 g/mol. The molecule has 0 aromatic heterocycles. The maximum atomic E-state index is 13.8. The van der Waals surface area contributed by atoms with Gasteiger partial charge in [-0.15, -0.1) is 0 Å². The number of halogens is 4. The van der Waals surface area contributed by atoms with Crippen molar-refractivity contribution in [2.24, 2.45) is 0 Å². The van der Waals surface area contributed by atoms with Crippen molar-refractivity contribution < 1.29 is 31.8 Å². The molecular formula is C16H18F4N2O3. The molecule has 1 aromatic carbocycles. The summed E-state index contributed by atoms with van der Waals surface area (Å²) in [6.07, 6.45) is -3.12. The first-order valence-corrected chi connectivity index (χ1v) is 8.00. The Hall–Kier alpha value is -1.87. The van der Waals surface area contributed by atoms with E-state index in [0.717, 1.165) is 24.6 Å². The van der Waals surface area contributed by atoms with Gasteiger partial charge in [-0.3, -0.25) is 0 Å². The first-order valence-electron chi connectivity index (χ1n) is 8.00. The Morgan fingerprint density at radius 1 is 1.16 bits per heavy atom. The van der Waals surface area contributed by atoms with E-state index >= 15 is 0 Å². The normalized spacial score (nSPS) is 20.6. The smallest absolute Gasteiger partial charge is 0.350 e. The lowest BCUT2D eigenvalue weighted by Gasteiger charge is -2.43. The average Bonchev–Trinajstić information content (AvgIpc) is 2.57. The topological polar surface area (TPSA) is 50.8 Å². The number of benzene rings is 1. The molecule has 0 radical (unpaired) electrons. The molecule has 5 nitrogen and oxygen atoms in total. The second kappa shape index (κ2) is 6.80. The van der Waals surface area contributed by atoms with E-state index in [2.05, 4.69) is 5.32 Å². The average molecular weight is 362 g/mol. The summed E-state index contributed by atoms with van der Waals surface area (Å²) < 4.78 is 64.1. The van der Waals surface area contributed by atoms with Gasteiger partial charge in [0.25, 0.3) is 0 Å². The van der Waals surface area contributed by atoms with Gasteiger partial charge < -0.3 is 19.7 Å². The molecule has 1 spiro atoms. The number of carbonyl (C=O) groups excluding carboxylic acids is 1. The van der Waals surface area contributed by atoms with E-state index in [0.29, 0.717) is 26.1 Å². The molecule has 1 aromatic rings. The lowest BCUT2D eigenvalue weighted by atomic mass is 10.0. The van der Waals surface area contributed by atoms with Crippen molar-refractivity contribution in [3.63, 3.8) is 0 Å². The van der Waals surface area contributed by atoms with Crippen molar-refractivity contribution in [2.75, 3.05) is 31.6 Å². The minimum atomic E-state index is -4.76. The van der Waals surface area contributed by atoms with E-state index in [-0.39, 0.29) is 13.1 Å². The van der Waals surface area contributed by atoms with Crippen LogP contribution in [0.4, 0.5) is 28.0 Å². The summed E-state index contributed by atoms with van der Waals surface area (Å²) in [6, 6.07) is 1.78. The number of urea groups is 1. The molecule has 3 rings (SSSR count). The summed E-state index contributed by atoms with van der Waals surface area (Å²) in [5.41, 5.74) is -2.07. The number of anilines is 1. The third-order valence-corrected chi connectivity index (χ3v) is 4.38. The van der Waals surface area contributed by atoms with Gasteiger partial charge in [-0.2, -0.15) is 13.2 Å². The highest BCUT2D eigenvalue weighted by Crippen LogP contribution is 2.36. The van der Waals surface area contributed by atoms with Crippen molar-refractivity contribution in [3.05, 3.63) is 29.6 Å². The summed E-state index contributed by atoms with van der Waals surface area (Å²) in [5.74, 6) is -1.85. The number of rotatable bonds is 1. The number of likely N-dealkylation sites (tertiary alicyclic amines) is 1. The van der Waals surface area contributed by atoms with Crippen molar-refractivity contribution in [1.82, 2.24) is 4.90 Å². The van der Waals surface area contributed by atoms with Crippen molar-refractivity contribution in [1.29, 1.82) is 0 Å². The van der Waals surface area contributed by atoms with Gasteiger partial charge in [0.1, 0.15) is 5.82 Å². The maximum Gasteiger partial charge on any atom is 0.418 e. The van der Waals surface area contributed by atoms with E-state index < -0.39 is 35.1 Å². The predicted molar refractivity (Wildman–Crippen MR) is 80.5 cm³/mol. The van der Waals surface area contributed by atoms with Crippen LogP contribution in [0.5, 0.6) is 0 Å². The van der Waals surface area contributed by atoms with Crippen LogP contribution in [0.2, 0.25) is 0 Å². The quantitative estimate of drug-likeness (QED) is 0.777. The fourth-order valence-electron chi connectivity index (χ4n) is 3.03. The van der Waals surface area contributed by atoms with Crippen LogP contribution >= 0.6 is 0 Å². The molecule has 0 saturated carbocycles. The number of carbonyl (C=O) groups is 1. The molecule has 2 aliphatic heterocycles. The summed E-state index contributed by atoms with van der Waals surface area (Å²) in [5, 5.41) is 2.06. The fourth-order valence-corrected chi connectivity index (χ4v) is 3.03. The lowest BCUT2D eigenvalue weighted by Crippen LogP contribution is -2.52. The Bertz CT molecular complexity index is 635.